The van der Waals surface area contributed by atoms with Gasteiger partial charge in [-0.1, -0.05) is 6.08 Å². The summed E-state index contributed by atoms with van der Waals surface area (Å²) in [6, 6.07) is 0. The lowest BCUT2D eigenvalue weighted by molar-refractivity contribution is 0.912. The van der Waals surface area contributed by atoms with Crippen molar-refractivity contribution >= 4 is 11.6 Å². The van der Waals surface area contributed by atoms with E-state index >= 15 is 0 Å². The van der Waals surface area contributed by atoms with E-state index in [4.69, 9.17) is 11.6 Å². The summed E-state index contributed by atoms with van der Waals surface area (Å²) in [5, 5.41) is -0.166. The molecule has 3 heteroatoms. The molecule has 0 saturated heterocycles. The number of rotatable bonds is 2. The standard InChI is InChI=1S/C7H9ClN2/c1-3-6(8)7-4-10(2)5-9-7/h3-6H,1H2,2H3. The second-order valence-electron chi connectivity index (χ2n) is 2.10. The molecule has 0 bridgehead atoms. The zero-order valence-electron chi connectivity index (χ0n) is 5.79. The van der Waals surface area contributed by atoms with Gasteiger partial charge >= 0.3 is 0 Å². The Hall–Kier alpha value is -0.760. The van der Waals surface area contributed by atoms with Gasteiger partial charge in [-0.3, -0.25) is 0 Å². The van der Waals surface area contributed by atoms with Crippen molar-refractivity contribution in [1.29, 1.82) is 0 Å². The average molecular weight is 157 g/mol. The van der Waals surface area contributed by atoms with Crippen LogP contribution in [0.3, 0.4) is 0 Å². The number of imidazole rings is 1. The van der Waals surface area contributed by atoms with E-state index < -0.39 is 0 Å². The number of aryl methyl sites for hydroxylation is 1. The van der Waals surface area contributed by atoms with Crippen molar-refractivity contribution in [3.8, 4) is 0 Å². The molecule has 1 aromatic rings. The quantitative estimate of drug-likeness (QED) is 0.472. The van der Waals surface area contributed by atoms with Crippen molar-refractivity contribution in [2.24, 2.45) is 7.05 Å². The fraction of sp³-hybridized carbons (Fsp3) is 0.286. The second kappa shape index (κ2) is 2.88. The van der Waals surface area contributed by atoms with Crippen molar-refractivity contribution in [1.82, 2.24) is 9.55 Å². The van der Waals surface area contributed by atoms with Gasteiger partial charge in [-0.25, -0.2) is 4.98 Å². The SMILES string of the molecule is C=CC(Cl)c1cn(C)cn1. The van der Waals surface area contributed by atoms with E-state index in [9.17, 15) is 0 Å². The Balaban J connectivity index is 2.84. The maximum absolute atomic E-state index is 5.81. The first-order valence-electron chi connectivity index (χ1n) is 2.98. The third-order valence-corrected chi connectivity index (χ3v) is 1.62. The smallest absolute Gasteiger partial charge is 0.0950 e. The minimum Gasteiger partial charge on any atom is -0.340 e. The summed E-state index contributed by atoms with van der Waals surface area (Å²) < 4.78 is 1.86. The zero-order chi connectivity index (χ0) is 7.56. The van der Waals surface area contributed by atoms with Crippen LogP contribution in [0.15, 0.2) is 25.2 Å². The minimum absolute atomic E-state index is 0.166. The van der Waals surface area contributed by atoms with Gasteiger partial charge in [-0.15, -0.1) is 18.2 Å². The first-order chi connectivity index (χ1) is 4.74. The molecule has 1 rings (SSSR count). The van der Waals surface area contributed by atoms with Crippen molar-refractivity contribution in [3.05, 3.63) is 30.9 Å². The largest absolute Gasteiger partial charge is 0.340 e. The highest BCUT2D eigenvalue weighted by Crippen LogP contribution is 2.17. The number of alkyl halides is 1. The third kappa shape index (κ3) is 1.39. The van der Waals surface area contributed by atoms with E-state index in [0.717, 1.165) is 5.69 Å². The number of hydrogen-bond acceptors (Lipinski definition) is 1. The van der Waals surface area contributed by atoms with E-state index in [-0.39, 0.29) is 5.38 Å². The molecule has 0 fully saturated rings. The molecule has 1 heterocycles. The van der Waals surface area contributed by atoms with Crippen molar-refractivity contribution in [3.63, 3.8) is 0 Å². The monoisotopic (exact) mass is 156 g/mol. The molecule has 1 aromatic heterocycles. The van der Waals surface area contributed by atoms with E-state index in [1.807, 2.05) is 17.8 Å². The zero-order valence-corrected chi connectivity index (χ0v) is 6.54. The van der Waals surface area contributed by atoms with E-state index in [2.05, 4.69) is 11.6 Å². The van der Waals surface area contributed by atoms with E-state index in [0.29, 0.717) is 0 Å². The summed E-state index contributed by atoms with van der Waals surface area (Å²) in [4.78, 5) is 4.05. The Morgan fingerprint density at radius 2 is 2.60 bits per heavy atom. The van der Waals surface area contributed by atoms with Gasteiger partial charge in [0.15, 0.2) is 0 Å². The first kappa shape index (κ1) is 7.35. The minimum atomic E-state index is -0.166. The molecule has 2 nitrogen and oxygen atoms in total. The molecule has 0 aliphatic carbocycles. The molecule has 54 valence electrons. The molecule has 0 saturated carbocycles. The molecule has 0 aliphatic rings. The van der Waals surface area contributed by atoms with Gasteiger partial charge in [-0.05, 0) is 0 Å². The predicted octanol–water partition coefficient (Wildman–Crippen LogP) is 1.89. The molecular formula is C7H9ClN2. The van der Waals surface area contributed by atoms with Crippen LogP contribution < -0.4 is 0 Å². The average Bonchev–Trinajstić information content (AvgIpc) is 2.34. The summed E-state index contributed by atoms with van der Waals surface area (Å²) in [5.41, 5.74) is 0.846. The molecule has 0 aromatic carbocycles. The summed E-state index contributed by atoms with van der Waals surface area (Å²) in [6.07, 6.45) is 5.25. The Morgan fingerprint density at radius 3 is 3.00 bits per heavy atom. The number of aromatic nitrogens is 2. The fourth-order valence-corrected chi connectivity index (χ4v) is 0.809. The van der Waals surface area contributed by atoms with Crippen LogP contribution in [-0.4, -0.2) is 9.55 Å². The van der Waals surface area contributed by atoms with E-state index in [1.54, 1.807) is 12.4 Å². The highest BCUT2D eigenvalue weighted by atomic mass is 35.5. The molecule has 0 aliphatic heterocycles. The van der Waals surface area contributed by atoms with Gasteiger partial charge < -0.3 is 4.57 Å². The Bertz CT molecular complexity index is 229. The van der Waals surface area contributed by atoms with Gasteiger partial charge in [0.25, 0.3) is 0 Å². The summed E-state index contributed by atoms with van der Waals surface area (Å²) in [5.74, 6) is 0. The lowest BCUT2D eigenvalue weighted by atomic mass is 10.3. The van der Waals surface area contributed by atoms with Crippen LogP contribution in [-0.2, 0) is 7.05 Å². The number of nitrogens with zero attached hydrogens (tertiary/aromatic N) is 2. The van der Waals surface area contributed by atoms with Crippen molar-refractivity contribution in [2.45, 2.75) is 5.38 Å². The topological polar surface area (TPSA) is 17.8 Å². The lowest BCUT2D eigenvalue weighted by Gasteiger charge is -1.94. The number of halogens is 1. The highest BCUT2D eigenvalue weighted by Gasteiger charge is 2.04. The second-order valence-corrected chi connectivity index (χ2v) is 2.57. The van der Waals surface area contributed by atoms with Crippen LogP contribution >= 0.6 is 11.6 Å². The van der Waals surface area contributed by atoms with Gasteiger partial charge in [0.2, 0.25) is 0 Å². The summed E-state index contributed by atoms with van der Waals surface area (Å²) >= 11 is 5.81. The summed E-state index contributed by atoms with van der Waals surface area (Å²) in [7, 11) is 1.91. The first-order valence-corrected chi connectivity index (χ1v) is 3.42. The van der Waals surface area contributed by atoms with Crippen LogP contribution in [0.2, 0.25) is 0 Å². The molecule has 1 atom stereocenters. The summed E-state index contributed by atoms with van der Waals surface area (Å²) in [6.45, 7) is 3.57. The lowest BCUT2D eigenvalue weighted by Crippen LogP contribution is -1.84. The van der Waals surface area contributed by atoms with Crippen LogP contribution in [0.4, 0.5) is 0 Å². The van der Waals surface area contributed by atoms with Crippen molar-refractivity contribution < 1.29 is 0 Å². The molecule has 1 unspecified atom stereocenters. The Labute approximate surface area is 65.1 Å². The van der Waals surface area contributed by atoms with Crippen LogP contribution in [0, 0.1) is 0 Å². The highest BCUT2D eigenvalue weighted by molar-refractivity contribution is 6.21. The van der Waals surface area contributed by atoms with Gasteiger partial charge in [-0.2, -0.15) is 0 Å². The van der Waals surface area contributed by atoms with Crippen molar-refractivity contribution in [2.75, 3.05) is 0 Å². The third-order valence-electron chi connectivity index (χ3n) is 1.21. The predicted molar refractivity (Wildman–Crippen MR) is 42.0 cm³/mol. The van der Waals surface area contributed by atoms with Crippen LogP contribution in [0.1, 0.15) is 11.1 Å². The molecule has 0 amide bonds. The van der Waals surface area contributed by atoms with Gasteiger partial charge in [0.1, 0.15) is 0 Å². The fourth-order valence-electron chi connectivity index (χ4n) is 0.696. The molecular weight excluding hydrogens is 148 g/mol. The van der Waals surface area contributed by atoms with Gasteiger partial charge in [0, 0.05) is 13.2 Å². The normalized spacial score (nSPS) is 13.0. The van der Waals surface area contributed by atoms with Crippen LogP contribution in [0.5, 0.6) is 0 Å². The number of hydrogen-bond donors (Lipinski definition) is 0. The number of allylic oxidation sites excluding steroid dienone is 1. The molecule has 0 spiro atoms. The van der Waals surface area contributed by atoms with Gasteiger partial charge in [0.05, 0.1) is 17.4 Å². The molecule has 10 heavy (non-hydrogen) atoms. The maximum Gasteiger partial charge on any atom is 0.0950 e. The molecule has 0 N–H and O–H groups in total. The van der Waals surface area contributed by atoms with E-state index in [1.165, 1.54) is 0 Å². The maximum atomic E-state index is 5.81. The Kier molecular flexibility index (Phi) is 2.12. The molecule has 0 radical (unpaired) electrons. The Morgan fingerprint density at radius 1 is 1.90 bits per heavy atom. The van der Waals surface area contributed by atoms with Crippen LogP contribution in [0.25, 0.3) is 0 Å².